The lowest BCUT2D eigenvalue weighted by atomic mass is 9.85. The second kappa shape index (κ2) is 9.84. The molecule has 0 heterocycles. The molecule has 18 heavy (non-hydrogen) atoms. The Labute approximate surface area is 123 Å². The Morgan fingerprint density at radius 2 is 2.00 bits per heavy atom. The number of nitrogens with zero attached hydrogens (tertiary/aromatic N) is 1. The third-order valence-electron chi connectivity index (χ3n) is 3.54. The van der Waals surface area contributed by atoms with E-state index in [1.54, 1.807) is 0 Å². The molecule has 4 nitrogen and oxygen atoms in total. The fourth-order valence-electron chi connectivity index (χ4n) is 2.04. The second-order valence-corrected chi connectivity index (χ2v) is 5.18. The van der Waals surface area contributed by atoms with Crippen molar-refractivity contribution in [1.82, 2.24) is 10.2 Å². The predicted molar refractivity (Wildman–Crippen MR) is 80.6 cm³/mol. The predicted octanol–water partition coefficient (Wildman–Crippen LogP) is 1.41. The van der Waals surface area contributed by atoms with Crippen LogP contribution in [0.25, 0.3) is 0 Å². The minimum atomic E-state index is 0. The third-order valence-corrected chi connectivity index (χ3v) is 3.54. The van der Waals surface area contributed by atoms with Gasteiger partial charge in [0.05, 0.1) is 0 Å². The molecule has 1 rings (SSSR count). The molecular formula is C12H27Cl2N3O. The van der Waals surface area contributed by atoms with E-state index in [2.05, 4.69) is 17.1 Å². The number of hydrogen-bond acceptors (Lipinski definition) is 3. The highest BCUT2D eigenvalue weighted by molar-refractivity contribution is 5.85. The zero-order valence-corrected chi connectivity index (χ0v) is 13.1. The van der Waals surface area contributed by atoms with Crippen molar-refractivity contribution in [2.24, 2.45) is 11.7 Å². The number of nitrogens with one attached hydrogen (secondary N) is 1. The molecule has 1 fully saturated rings. The molecule has 1 saturated carbocycles. The van der Waals surface area contributed by atoms with Crippen LogP contribution in [0.4, 0.5) is 0 Å². The summed E-state index contributed by atoms with van der Waals surface area (Å²) in [4.78, 5) is 14.0. The molecule has 0 bridgehead atoms. The van der Waals surface area contributed by atoms with Gasteiger partial charge < -0.3 is 16.0 Å². The number of nitrogens with two attached hydrogens (primary N) is 1. The van der Waals surface area contributed by atoms with Crippen LogP contribution in [0.2, 0.25) is 0 Å². The van der Waals surface area contributed by atoms with Gasteiger partial charge >= 0.3 is 0 Å². The Balaban J connectivity index is 0. The standard InChI is InChI=1S/C12H25N3O.2ClH/c1-9(15(2)3)8-14-12(16)10-5-4-6-11(13)7-10;;/h9-11H,4-8,13H2,1-3H3,(H,14,16);2*1H. The van der Waals surface area contributed by atoms with E-state index in [1.807, 2.05) is 14.1 Å². The molecule has 0 aromatic heterocycles. The summed E-state index contributed by atoms with van der Waals surface area (Å²) in [5, 5.41) is 3.02. The molecule has 0 radical (unpaired) electrons. The summed E-state index contributed by atoms with van der Waals surface area (Å²) in [7, 11) is 4.04. The van der Waals surface area contributed by atoms with Crippen molar-refractivity contribution in [2.75, 3.05) is 20.6 Å². The summed E-state index contributed by atoms with van der Waals surface area (Å²) in [6, 6.07) is 0.594. The molecule has 1 aliphatic rings. The van der Waals surface area contributed by atoms with E-state index in [1.165, 1.54) is 0 Å². The minimum Gasteiger partial charge on any atom is -0.354 e. The first-order valence-electron chi connectivity index (χ1n) is 6.20. The largest absolute Gasteiger partial charge is 0.354 e. The first-order chi connectivity index (χ1) is 7.50. The lowest BCUT2D eigenvalue weighted by molar-refractivity contribution is -0.126. The summed E-state index contributed by atoms with van der Waals surface area (Å²) >= 11 is 0. The average Bonchev–Trinajstić information content (AvgIpc) is 2.25. The van der Waals surface area contributed by atoms with Crippen LogP contribution in [0.5, 0.6) is 0 Å². The van der Waals surface area contributed by atoms with Gasteiger partial charge in [0.15, 0.2) is 0 Å². The first kappa shape index (κ1) is 20.3. The van der Waals surface area contributed by atoms with Crippen molar-refractivity contribution in [3.05, 3.63) is 0 Å². The fourth-order valence-corrected chi connectivity index (χ4v) is 2.04. The fraction of sp³-hybridized carbons (Fsp3) is 0.917. The molecular weight excluding hydrogens is 273 g/mol. The summed E-state index contributed by atoms with van der Waals surface area (Å²) in [5.74, 6) is 0.321. The summed E-state index contributed by atoms with van der Waals surface area (Å²) in [6.45, 7) is 2.82. The van der Waals surface area contributed by atoms with E-state index in [4.69, 9.17) is 5.73 Å². The van der Waals surface area contributed by atoms with Crippen LogP contribution in [0.3, 0.4) is 0 Å². The van der Waals surface area contributed by atoms with Crippen molar-refractivity contribution in [1.29, 1.82) is 0 Å². The van der Waals surface area contributed by atoms with E-state index in [0.29, 0.717) is 6.04 Å². The number of hydrogen-bond donors (Lipinski definition) is 2. The minimum absolute atomic E-state index is 0. The van der Waals surface area contributed by atoms with E-state index < -0.39 is 0 Å². The Kier molecular flexibility index (Phi) is 11.1. The number of carbonyl (C=O) groups is 1. The number of halogens is 2. The van der Waals surface area contributed by atoms with Gasteiger partial charge in [0.1, 0.15) is 0 Å². The highest BCUT2D eigenvalue weighted by atomic mass is 35.5. The van der Waals surface area contributed by atoms with Gasteiger partial charge in [-0.2, -0.15) is 0 Å². The lowest BCUT2D eigenvalue weighted by Gasteiger charge is -2.27. The molecule has 0 aromatic rings. The van der Waals surface area contributed by atoms with Gasteiger partial charge in [-0.15, -0.1) is 24.8 Å². The maximum atomic E-state index is 11.9. The van der Waals surface area contributed by atoms with Crippen LogP contribution in [-0.2, 0) is 4.79 Å². The molecule has 0 saturated heterocycles. The van der Waals surface area contributed by atoms with Gasteiger partial charge in [-0.1, -0.05) is 6.42 Å². The Hall–Kier alpha value is -0.0300. The summed E-state index contributed by atoms with van der Waals surface area (Å²) in [6.07, 6.45) is 4.00. The van der Waals surface area contributed by atoms with Crippen LogP contribution >= 0.6 is 24.8 Å². The van der Waals surface area contributed by atoms with E-state index in [9.17, 15) is 4.79 Å². The summed E-state index contributed by atoms with van der Waals surface area (Å²) < 4.78 is 0. The molecule has 3 N–H and O–H groups in total. The van der Waals surface area contributed by atoms with Crippen LogP contribution < -0.4 is 11.1 Å². The van der Waals surface area contributed by atoms with Crippen molar-refractivity contribution < 1.29 is 4.79 Å². The van der Waals surface area contributed by atoms with E-state index in [0.717, 1.165) is 32.2 Å². The Bertz CT molecular complexity index is 239. The molecule has 1 aliphatic carbocycles. The smallest absolute Gasteiger partial charge is 0.223 e. The van der Waals surface area contributed by atoms with Crippen LogP contribution in [0.15, 0.2) is 0 Å². The number of carbonyl (C=O) groups excluding carboxylic acids is 1. The average molecular weight is 300 g/mol. The third kappa shape index (κ3) is 6.78. The normalized spacial score (nSPS) is 24.7. The van der Waals surface area contributed by atoms with Crippen LogP contribution in [-0.4, -0.2) is 43.5 Å². The van der Waals surface area contributed by atoms with Crippen molar-refractivity contribution in [3.63, 3.8) is 0 Å². The quantitative estimate of drug-likeness (QED) is 0.825. The van der Waals surface area contributed by atoms with Gasteiger partial charge in [-0.25, -0.2) is 0 Å². The van der Waals surface area contributed by atoms with Gasteiger partial charge in [-0.05, 0) is 40.3 Å². The maximum Gasteiger partial charge on any atom is 0.223 e. The van der Waals surface area contributed by atoms with Crippen molar-refractivity contribution in [2.45, 2.75) is 44.7 Å². The van der Waals surface area contributed by atoms with Crippen molar-refractivity contribution in [3.8, 4) is 0 Å². The van der Waals surface area contributed by atoms with E-state index in [-0.39, 0.29) is 42.7 Å². The maximum absolute atomic E-state index is 11.9. The SMILES string of the molecule is CC(CNC(=O)C1CCCC(N)C1)N(C)C.Cl.Cl. The Morgan fingerprint density at radius 3 is 2.50 bits per heavy atom. The highest BCUT2D eigenvalue weighted by Crippen LogP contribution is 2.22. The molecule has 3 atom stereocenters. The molecule has 0 aromatic carbocycles. The topological polar surface area (TPSA) is 58.4 Å². The van der Waals surface area contributed by atoms with Gasteiger partial charge in [0.2, 0.25) is 5.91 Å². The molecule has 6 heteroatoms. The van der Waals surface area contributed by atoms with Gasteiger partial charge in [0, 0.05) is 24.5 Å². The molecule has 110 valence electrons. The molecule has 3 unspecified atom stereocenters. The zero-order chi connectivity index (χ0) is 12.1. The van der Waals surface area contributed by atoms with E-state index >= 15 is 0 Å². The molecule has 0 aliphatic heterocycles. The highest BCUT2D eigenvalue weighted by Gasteiger charge is 2.25. The number of likely N-dealkylation sites (N-methyl/N-ethyl adjacent to an activating group) is 1. The molecule has 1 amide bonds. The number of amides is 1. The monoisotopic (exact) mass is 299 g/mol. The van der Waals surface area contributed by atoms with Crippen LogP contribution in [0, 0.1) is 5.92 Å². The molecule has 0 spiro atoms. The first-order valence-corrected chi connectivity index (χ1v) is 6.20. The zero-order valence-electron chi connectivity index (χ0n) is 11.5. The van der Waals surface area contributed by atoms with Crippen LogP contribution in [0.1, 0.15) is 32.6 Å². The lowest BCUT2D eigenvalue weighted by Crippen LogP contribution is -2.43. The Morgan fingerprint density at radius 1 is 1.39 bits per heavy atom. The summed E-state index contributed by atoms with van der Waals surface area (Å²) in [5.41, 5.74) is 5.88. The van der Waals surface area contributed by atoms with Crippen molar-refractivity contribution >= 4 is 30.7 Å². The van der Waals surface area contributed by atoms with Gasteiger partial charge in [0.25, 0.3) is 0 Å². The second-order valence-electron chi connectivity index (χ2n) is 5.18. The number of rotatable bonds is 4. The van der Waals surface area contributed by atoms with Gasteiger partial charge in [-0.3, -0.25) is 4.79 Å².